The summed E-state index contributed by atoms with van der Waals surface area (Å²) >= 11 is 12.0. The molecule has 3 aromatic rings. The Hall–Kier alpha value is -2.36. The van der Waals surface area contributed by atoms with E-state index in [1.165, 1.54) is 0 Å². The number of unbranched alkanes of at least 4 members (excludes halogenated alkanes) is 5. The van der Waals surface area contributed by atoms with E-state index in [0.717, 1.165) is 44.3 Å². The van der Waals surface area contributed by atoms with Crippen molar-refractivity contribution >= 4 is 35.1 Å². The molecule has 0 bridgehead atoms. The highest BCUT2D eigenvalue weighted by atomic mass is 127. The minimum Gasteiger partial charge on any atom is -1.00 e. The molecule has 37 heavy (non-hydrogen) atoms. The van der Waals surface area contributed by atoms with Crippen LogP contribution in [0.3, 0.4) is 0 Å². The Bertz CT molecular complexity index is 1160. The summed E-state index contributed by atoms with van der Waals surface area (Å²) in [5.74, 6) is 0.527. The topological polar surface area (TPSA) is 68.5 Å². The lowest BCUT2D eigenvalue weighted by Crippen LogP contribution is -3.00. The van der Waals surface area contributed by atoms with Crippen LogP contribution in [-0.4, -0.2) is 25.0 Å². The van der Waals surface area contributed by atoms with E-state index in [4.69, 9.17) is 32.7 Å². The molecule has 1 heterocycles. The van der Waals surface area contributed by atoms with E-state index in [2.05, 4.69) is 5.32 Å². The van der Waals surface area contributed by atoms with Gasteiger partial charge in [0, 0.05) is 12.6 Å². The van der Waals surface area contributed by atoms with Gasteiger partial charge in [0.05, 0.1) is 22.2 Å². The zero-order valence-electron chi connectivity index (χ0n) is 20.7. The number of ether oxygens (including phenoxy) is 2. The third-order valence-corrected chi connectivity index (χ3v) is 6.35. The van der Waals surface area contributed by atoms with E-state index in [9.17, 15) is 9.59 Å². The van der Waals surface area contributed by atoms with Crippen LogP contribution in [-0.2, 0) is 7.05 Å². The summed E-state index contributed by atoms with van der Waals surface area (Å²) in [6.07, 6.45) is 10.1. The molecule has 1 N–H and O–H groups in total. The van der Waals surface area contributed by atoms with Crippen LogP contribution in [0.5, 0.6) is 11.5 Å². The number of nitrogens with one attached hydrogen (secondary N) is 1. The van der Waals surface area contributed by atoms with Crippen LogP contribution in [0.2, 0.25) is 10.0 Å². The molecule has 0 atom stereocenters. The van der Waals surface area contributed by atoms with Crippen molar-refractivity contribution in [3.05, 3.63) is 88.2 Å². The fraction of sp³-hybridized carbons (Fsp3) is 0.321. The quantitative estimate of drug-likeness (QED) is 0.101. The standard InChI is InChI=1S/C28H30Cl2N2O4.HI/c1-32-18-9-10-21(20-32)27(33)31-17-6-4-2-3-5-7-19-35-22-13-15-23(16-14-22)36-28(34)24-11-8-12-25(29)26(24)30;/h8-16,18,20H,2-7,17,19H2,1H3;1H. The molecule has 0 unspecified atom stereocenters. The van der Waals surface area contributed by atoms with E-state index in [-0.39, 0.29) is 40.5 Å². The second kappa shape index (κ2) is 16.5. The Labute approximate surface area is 245 Å². The van der Waals surface area contributed by atoms with Gasteiger partial charge in [-0.15, -0.1) is 0 Å². The maximum atomic E-state index is 12.3. The lowest BCUT2D eigenvalue weighted by atomic mass is 10.1. The average Bonchev–Trinajstić information content (AvgIpc) is 2.87. The van der Waals surface area contributed by atoms with Gasteiger partial charge in [0.1, 0.15) is 24.1 Å². The Morgan fingerprint density at radius 3 is 2.27 bits per heavy atom. The monoisotopic (exact) mass is 656 g/mol. The smallest absolute Gasteiger partial charge is 0.345 e. The maximum Gasteiger partial charge on any atom is 0.345 e. The summed E-state index contributed by atoms with van der Waals surface area (Å²) in [4.78, 5) is 24.4. The summed E-state index contributed by atoms with van der Waals surface area (Å²) in [6, 6.07) is 15.4. The summed E-state index contributed by atoms with van der Waals surface area (Å²) in [7, 11) is 1.90. The van der Waals surface area contributed by atoms with Gasteiger partial charge in [0.2, 0.25) is 0 Å². The lowest BCUT2D eigenvalue weighted by molar-refractivity contribution is -0.671. The van der Waals surface area contributed by atoms with Gasteiger partial charge in [0.15, 0.2) is 12.4 Å². The molecule has 9 heteroatoms. The van der Waals surface area contributed by atoms with E-state index >= 15 is 0 Å². The highest BCUT2D eigenvalue weighted by molar-refractivity contribution is 6.43. The van der Waals surface area contributed by atoms with Crippen LogP contribution in [0.15, 0.2) is 67.0 Å². The number of amides is 1. The number of carbonyl (C=O) groups is 2. The first-order valence-electron chi connectivity index (χ1n) is 12.1. The Morgan fingerprint density at radius 2 is 1.54 bits per heavy atom. The number of esters is 1. The molecule has 0 aliphatic rings. The third-order valence-electron chi connectivity index (χ3n) is 5.53. The van der Waals surface area contributed by atoms with E-state index in [0.29, 0.717) is 29.5 Å². The number of rotatable bonds is 13. The number of carbonyl (C=O) groups excluding carboxylic acids is 2. The average molecular weight is 657 g/mol. The first-order valence-corrected chi connectivity index (χ1v) is 12.8. The van der Waals surface area contributed by atoms with Gasteiger partial charge in [-0.05, 0) is 55.3 Å². The number of hydrogen-bond acceptors (Lipinski definition) is 4. The minimum absolute atomic E-state index is 0. The zero-order chi connectivity index (χ0) is 25.8. The molecule has 0 spiro atoms. The molecule has 1 aromatic heterocycles. The van der Waals surface area contributed by atoms with Gasteiger partial charge in [-0.25, -0.2) is 9.36 Å². The van der Waals surface area contributed by atoms with Crippen LogP contribution in [0.25, 0.3) is 0 Å². The maximum absolute atomic E-state index is 12.3. The third kappa shape index (κ3) is 10.5. The number of aryl methyl sites for hydroxylation is 1. The normalized spacial score (nSPS) is 10.4. The van der Waals surface area contributed by atoms with Crippen molar-refractivity contribution in [2.24, 2.45) is 7.05 Å². The number of benzene rings is 2. The fourth-order valence-electron chi connectivity index (χ4n) is 3.58. The van der Waals surface area contributed by atoms with Gasteiger partial charge in [-0.3, -0.25) is 4.79 Å². The Kier molecular flexibility index (Phi) is 13.7. The summed E-state index contributed by atoms with van der Waals surface area (Å²) < 4.78 is 13.0. The molecule has 0 fully saturated rings. The number of nitrogens with zero attached hydrogens (tertiary/aromatic N) is 1. The largest absolute Gasteiger partial charge is 1.00 e. The van der Waals surface area contributed by atoms with Crippen molar-refractivity contribution in [1.29, 1.82) is 0 Å². The number of aromatic nitrogens is 1. The molecular formula is C28H31Cl2IN2O4. The van der Waals surface area contributed by atoms with Gasteiger partial charge in [-0.1, -0.05) is 55.0 Å². The van der Waals surface area contributed by atoms with Gasteiger partial charge < -0.3 is 38.8 Å². The van der Waals surface area contributed by atoms with Crippen molar-refractivity contribution in [1.82, 2.24) is 5.32 Å². The van der Waals surface area contributed by atoms with Crippen molar-refractivity contribution in [2.45, 2.75) is 38.5 Å². The van der Waals surface area contributed by atoms with Crippen molar-refractivity contribution < 1.29 is 47.6 Å². The first-order chi connectivity index (χ1) is 17.4. The second-order valence-corrected chi connectivity index (χ2v) is 9.23. The van der Waals surface area contributed by atoms with E-state index < -0.39 is 5.97 Å². The van der Waals surface area contributed by atoms with Gasteiger partial charge in [0.25, 0.3) is 5.91 Å². The molecule has 198 valence electrons. The number of pyridine rings is 1. The highest BCUT2D eigenvalue weighted by Gasteiger charge is 2.15. The molecule has 0 aliphatic carbocycles. The fourth-order valence-corrected chi connectivity index (χ4v) is 3.96. The van der Waals surface area contributed by atoms with E-state index in [1.54, 1.807) is 42.5 Å². The molecular weight excluding hydrogens is 626 g/mol. The molecule has 6 nitrogen and oxygen atoms in total. The number of hydrogen-bond donors (Lipinski definition) is 1. The van der Waals surface area contributed by atoms with Crippen LogP contribution in [0, 0.1) is 0 Å². The summed E-state index contributed by atoms with van der Waals surface area (Å²) in [5, 5.41) is 3.45. The molecule has 0 saturated carbocycles. The predicted octanol–water partition coefficient (Wildman–Crippen LogP) is 3.19. The highest BCUT2D eigenvalue weighted by Crippen LogP contribution is 2.27. The second-order valence-electron chi connectivity index (χ2n) is 8.45. The summed E-state index contributed by atoms with van der Waals surface area (Å²) in [5.41, 5.74) is 0.897. The minimum atomic E-state index is -0.566. The van der Waals surface area contributed by atoms with Crippen molar-refractivity contribution in [3.63, 3.8) is 0 Å². The molecule has 0 aliphatic heterocycles. The molecule has 2 aromatic carbocycles. The zero-order valence-corrected chi connectivity index (χ0v) is 24.4. The predicted molar refractivity (Wildman–Crippen MR) is 141 cm³/mol. The van der Waals surface area contributed by atoms with Gasteiger partial charge >= 0.3 is 5.97 Å². The van der Waals surface area contributed by atoms with Gasteiger partial charge in [-0.2, -0.15) is 0 Å². The molecule has 1 amide bonds. The molecule has 0 radical (unpaired) electrons. The van der Waals surface area contributed by atoms with Crippen LogP contribution in [0.1, 0.15) is 59.2 Å². The number of halogens is 3. The Morgan fingerprint density at radius 1 is 0.865 bits per heavy atom. The Balaban J connectivity index is 0.00000481. The molecule has 3 rings (SSSR count). The van der Waals surface area contributed by atoms with E-state index in [1.807, 2.05) is 36.1 Å². The van der Waals surface area contributed by atoms with Crippen molar-refractivity contribution in [3.8, 4) is 11.5 Å². The first kappa shape index (κ1) is 30.9. The molecule has 0 saturated heterocycles. The van der Waals surface area contributed by atoms with Crippen molar-refractivity contribution in [2.75, 3.05) is 13.2 Å². The van der Waals surface area contributed by atoms with Crippen LogP contribution < -0.4 is 43.3 Å². The van der Waals surface area contributed by atoms with Crippen LogP contribution in [0.4, 0.5) is 0 Å². The lowest BCUT2D eigenvalue weighted by Gasteiger charge is -2.09. The SMILES string of the molecule is C[n+]1cccc(C(=O)NCCCCCCCCOc2ccc(OC(=O)c3cccc(Cl)c3Cl)cc2)c1.[I-]. The summed E-state index contributed by atoms with van der Waals surface area (Å²) in [6.45, 7) is 1.32. The van der Waals surface area contributed by atoms with Crippen LogP contribution >= 0.6 is 23.2 Å².